The Morgan fingerprint density at radius 2 is 2.09 bits per heavy atom. The Bertz CT molecular complexity index is 666. The summed E-state index contributed by atoms with van der Waals surface area (Å²) in [4.78, 5) is 11.3. The fraction of sp³-hybridized carbons (Fsp3) is 0.462. The molecule has 0 saturated carbocycles. The van der Waals surface area contributed by atoms with Gasteiger partial charge in [-0.3, -0.25) is 4.79 Å². The Morgan fingerprint density at radius 3 is 2.74 bits per heavy atom. The molecule has 0 aliphatic carbocycles. The summed E-state index contributed by atoms with van der Waals surface area (Å²) >= 11 is 0. The van der Waals surface area contributed by atoms with Crippen LogP contribution in [0, 0.1) is 0 Å². The number of amides is 1. The highest BCUT2D eigenvalue weighted by molar-refractivity contribution is 7.89. The molecule has 0 atom stereocenters. The molecule has 0 bridgehead atoms. The van der Waals surface area contributed by atoms with Gasteiger partial charge >= 0.3 is 0 Å². The molecule has 10 heteroatoms. The van der Waals surface area contributed by atoms with E-state index in [2.05, 4.69) is 15.4 Å². The first-order valence-corrected chi connectivity index (χ1v) is 8.31. The molecule has 2 rings (SSSR count). The number of ether oxygens (including phenoxy) is 2. The van der Waals surface area contributed by atoms with Gasteiger partial charge in [-0.05, 0) is 6.54 Å². The van der Waals surface area contributed by atoms with Gasteiger partial charge in [0.15, 0.2) is 6.61 Å². The average molecular weight is 366 g/mol. The zero-order chi connectivity index (χ0) is 16.2. The number of sulfonamides is 1. The summed E-state index contributed by atoms with van der Waals surface area (Å²) in [6.07, 6.45) is 0. The normalized spacial score (nSPS) is 13.4. The monoisotopic (exact) mass is 365 g/mol. The van der Waals surface area contributed by atoms with Crippen molar-refractivity contribution in [3.05, 3.63) is 12.1 Å². The Balaban J connectivity index is 0.00000264. The number of anilines is 1. The third kappa shape index (κ3) is 4.71. The van der Waals surface area contributed by atoms with Gasteiger partial charge in [0.1, 0.15) is 16.4 Å². The molecular formula is C13H20ClN3O5S. The molecule has 1 aliphatic heterocycles. The molecule has 1 aromatic carbocycles. The molecule has 130 valence electrons. The van der Waals surface area contributed by atoms with E-state index >= 15 is 0 Å². The summed E-state index contributed by atoms with van der Waals surface area (Å²) in [6, 6.07) is 2.79. The molecule has 0 fully saturated rings. The lowest BCUT2D eigenvalue weighted by Gasteiger charge is -2.20. The second-order valence-electron chi connectivity index (χ2n) is 4.59. The second kappa shape index (κ2) is 8.34. The van der Waals surface area contributed by atoms with E-state index in [0.717, 1.165) is 6.54 Å². The van der Waals surface area contributed by atoms with Crippen LogP contribution in [0.15, 0.2) is 17.0 Å². The molecule has 0 saturated heterocycles. The first-order valence-electron chi connectivity index (χ1n) is 6.83. The SMILES string of the molecule is CCNCCNS(=O)(=O)c1cc2c(cc1OC)NC(=O)CO2.Cl. The number of rotatable bonds is 7. The van der Waals surface area contributed by atoms with Crippen LogP contribution in [0.5, 0.6) is 11.5 Å². The van der Waals surface area contributed by atoms with Crippen molar-refractivity contribution in [2.24, 2.45) is 0 Å². The van der Waals surface area contributed by atoms with E-state index in [1.54, 1.807) is 0 Å². The van der Waals surface area contributed by atoms with E-state index in [0.29, 0.717) is 18.0 Å². The van der Waals surface area contributed by atoms with E-state index in [-0.39, 0.29) is 42.1 Å². The molecule has 1 aromatic rings. The molecule has 0 spiro atoms. The average Bonchev–Trinajstić information content (AvgIpc) is 2.50. The van der Waals surface area contributed by atoms with Crippen LogP contribution in [0.25, 0.3) is 0 Å². The summed E-state index contributed by atoms with van der Waals surface area (Å²) in [5, 5.41) is 5.63. The van der Waals surface area contributed by atoms with Crippen LogP contribution >= 0.6 is 12.4 Å². The van der Waals surface area contributed by atoms with Crippen LogP contribution in [0.3, 0.4) is 0 Å². The lowest BCUT2D eigenvalue weighted by molar-refractivity contribution is -0.118. The van der Waals surface area contributed by atoms with Crippen LogP contribution in [0.4, 0.5) is 5.69 Å². The van der Waals surface area contributed by atoms with Crippen LogP contribution in [0.1, 0.15) is 6.92 Å². The Labute approximate surface area is 141 Å². The smallest absolute Gasteiger partial charge is 0.262 e. The van der Waals surface area contributed by atoms with Gasteiger partial charge in [0.25, 0.3) is 5.91 Å². The van der Waals surface area contributed by atoms with Gasteiger partial charge < -0.3 is 20.1 Å². The number of benzene rings is 1. The lowest BCUT2D eigenvalue weighted by atomic mass is 10.2. The highest BCUT2D eigenvalue weighted by atomic mass is 35.5. The summed E-state index contributed by atoms with van der Waals surface area (Å²) in [7, 11) is -2.37. The van der Waals surface area contributed by atoms with Crippen LogP contribution in [0.2, 0.25) is 0 Å². The van der Waals surface area contributed by atoms with E-state index in [1.807, 2.05) is 6.92 Å². The first kappa shape index (κ1) is 19.5. The highest BCUT2D eigenvalue weighted by Crippen LogP contribution is 2.36. The van der Waals surface area contributed by atoms with Crippen LogP contribution in [-0.2, 0) is 14.8 Å². The van der Waals surface area contributed by atoms with Gasteiger partial charge in [-0.25, -0.2) is 13.1 Å². The quantitative estimate of drug-likeness (QED) is 0.601. The van der Waals surface area contributed by atoms with Crippen molar-refractivity contribution in [2.75, 3.05) is 38.7 Å². The number of nitrogens with one attached hydrogen (secondary N) is 3. The number of carbonyl (C=O) groups is 1. The van der Waals surface area contributed by atoms with Gasteiger partial charge in [-0.2, -0.15) is 0 Å². The number of hydrogen-bond donors (Lipinski definition) is 3. The van der Waals surface area contributed by atoms with Crippen molar-refractivity contribution in [3.63, 3.8) is 0 Å². The first-order chi connectivity index (χ1) is 10.5. The maximum atomic E-state index is 12.4. The fourth-order valence-corrected chi connectivity index (χ4v) is 3.18. The maximum absolute atomic E-state index is 12.4. The third-order valence-corrected chi connectivity index (χ3v) is 4.51. The minimum absolute atomic E-state index is 0. The van der Waals surface area contributed by atoms with E-state index in [9.17, 15) is 13.2 Å². The zero-order valence-corrected chi connectivity index (χ0v) is 14.5. The van der Waals surface area contributed by atoms with Crippen molar-refractivity contribution in [1.82, 2.24) is 10.0 Å². The van der Waals surface area contributed by atoms with Gasteiger partial charge in [-0.1, -0.05) is 6.92 Å². The predicted octanol–water partition coefficient (Wildman–Crippen LogP) is 0.336. The molecule has 0 unspecified atom stereocenters. The number of likely N-dealkylation sites (N-methyl/N-ethyl adjacent to an activating group) is 1. The van der Waals surface area contributed by atoms with Crippen molar-refractivity contribution >= 4 is 34.0 Å². The molecule has 1 aliphatic rings. The number of fused-ring (bicyclic) bond motifs is 1. The number of halogens is 1. The van der Waals surface area contributed by atoms with Crippen molar-refractivity contribution in [3.8, 4) is 11.5 Å². The topological polar surface area (TPSA) is 106 Å². The molecule has 23 heavy (non-hydrogen) atoms. The maximum Gasteiger partial charge on any atom is 0.262 e. The lowest BCUT2D eigenvalue weighted by Crippen LogP contribution is -2.32. The van der Waals surface area contributed by atoms with Gasteiger partial charge in [-0.15, -0.1) is 12.4 Å². The fourth-order valence-electron chi connectivity index (χ4n) is 1.99. The van der Waals surface area contributed by atoms with Gasteiger partial charge in [0.2, 0.25) is 10.0 Å². The number of hydrogen-bond acceptors (Lipinski definition) is 6. The number of carbonyl (C=O) groups excluding carboxylic acids is 1. The van der Waals surface area contributed by atoms with E-state index in [4.69, 9.17) is 9.47 Å². The summed E-state index contributed by atoms with van der Waals surface area (Å²) in [5.74, 6) is 0.141. The zero-order valence-electron chi connectivity index (χ0n) is 12.8. The Kier molecular flexibility index (Phi) is 7.07. The summed E-state index contributed by atoms with van der Waals surface area (Å²) in [5.41, 5.74) is 0.389. The largest absolute Gasteiger partial charge is 0.495 e. The standard InChI is InChI=1S/C13H19N3O5S.ClH/c1-3-14-4-5-15-22(18,19)12-7-10-9(6-11(12)20-2)16-13(17)8-21-10;/h6-7,14-15H,3-5,8H2,1-2H3,(H,16,17);1H. The minimum atomic E-state index is -3.74. The summed E-state index contributed by atoms with van der Waals surface area (Å²) in [6.45, 7) is 3.33. The third-order valence-electron chi connectivity index (χ3n) is 3.03. The van der Waals surface area contributed by atoms with Crippen molar-refractivity contribution in [2.45, 2.75) is 11.8 Å². The molecular weight excluding hydrogens is 346 g/mol. The minimum Gasteiger partial charge on any atom is -0.495 e. The van der Waals surface area contributed by atoms with Gasteiger partial charge in [0, 0.05) is 25.2 Å². The predicted molar refractivity (Wildman–Crippen MR) is 88.1 cm³/mol. The molecule has 1 heterocycles. The molecule has 8 nitrogen and oxygen atoms in total. The molecule has 0 aromatic heterocycles. The second-order valence-corrected chi connectivity index (χ2v) is 6.32. The molecule has 1 amide bonds. The summed E-state index contributed by atoms with van der Waals surface area (Å²) < 4.78 is 37.6. The van der Waals surface area contributed by atoms with E-state index < -0.39 is 10.0 Å². The van der Waals surface area contributed by atoms with Gasteiger partial charge in [0.05, 0.1) is 12.8 Å². The van der Waals surface area contributed by atoms with Crippen molar-refractivity contribution < 1.29 is 22.7 Å². The van der Waals surface area contributed by atoms with Crippen LogP contribution < -0.4 is 24.8 Å². The molecule has 3 N–H and O–H groups in total. The molecule has 0 radical (unpaired) electrons. The number of methoxy groups -OCH3 is 1. The van der Waals surface area contributed by atoms with Crippen LogP contribution in [-0.4, -0.2) is 47.7 Å². The Morgan fingerprint density at radius 1 is 1.35 bits per heavy atom. The highest BCUT2D eigenvalue weighted by Gasteiger charge is 2.25. The van der Waals surface area contributed by atoms with E-state index in [1.165, 1.54) is 19.2 Å². The Hall–Kier alpha value is -1.55. The van der Waals surface area contributed by atoms with Crippen molar-refractivity contribution in [1.29, 1.82) is 0 Å².